The fraction of sp³-hybridized carbons (Fsp3) is 0.500. The van der Waals surface area contributed by atoms with E-state index in [4.69, 9.17) is 0 Å². The van der Waals surface area contributed by atoms with Gasteiger partial charge in [0.05, 0.1) is 0 Å². The van der Waals surface area contributed by atoms with E-state index in [9.17, 15) is 4.79 Å². The van der Waals surface area contributed by atoms with E-state index in [0.29, 0.717) is 6.54 Å². The van der Waals surface area contributed by atoms with E-state index in [0.717, 1.165) is 12.2 Å². The number of carbonyl (C=O) groups excluding carboxylic acids is 1. The van der Waals surface area contributed by atoms with Crippen LogP contribution in [0.15, 0.2) is 18.3 Å². The molecule has 0 saturated carbocycles. The van der Waals surface area contributed by atoms with E-state index in [-0.39, 0.29) is 5.91 Å². The number of nitrogens with one attached hydrogen (secondary N) is 1. The molecule has 4 heteroatoms. The molecule has 1 heterocycles. The highest BCUT2D eigenvalue weighted by Gasteiger charge is 2.06. The quantitative estimate of drug-likeness (QED) is 0.750. The SMILES string of the molecule is CNCc1cccn1CC(=O)N(C)C. The van der Waals surface area contributed by atoms with Gasteiger partial charge in [-0.25, -0.2) is 0 Å². The first kappa shape index (κ1) is 10.8. The van der Waals surface area contributed by atoms with Gasteiger partial charge in [0.1, 0.15) is 6.54 Å². The number of aromatic nitrogens is 1. The first-order valence-corrected chi connectivity index (χ1v) is 4.64. The van der Waals surface area contributed by atoms with Gasteiger partial charge < -0.3 is 14.8 Å². The molecule has 0 saturated heterocycles. The average Bonchev–Trinajstić information content (AvgIpc) is 2.53. The number of rotatable bonds is 4. The standard InChI is InChI=1S/C10H17N3O/c1-11-7-9-5-4-6-13(9)8-10(14)12(2)3/h4-6,11H,7-8H2,1-3H3. The minimum atomic E-state index is 0.110. The lowest BCUT2D eigenvalue weighted by Gasteiger charge is -2.13. The molecule has 0 spiro atoms. The molecule has 1 N–H and O–H groups in total. The van der Waals surface area contributed by atoms with Crippen LogP contribution in [0.1, 0.15) is 5.69 Å². The topological polar surface area (TPSA) is 37.3 Å². The average molecular weight is 195 g/mol. The van der Waals surface area contributed by atoms with Crippen LogP contribution in [0, 0.1) is 0 Å². The molecule has 0 aliphatic carbocycles. The van der Waals surface area contributed by atoms with Gasteiger partial charge in [-0.05, 0) is 19.2 Å². The molecule has 0 bridgehead atoms. The number of hydrogen-bond acceptors (Lipinski definition) is 2. The van der Waals surface area contributed by atoms with Gasteiger partial charge in [-0.2, -0.15) is 0 Å². The van der Waals surface area contributed by atoms with Crippen molar-refractivity contribution in [1.29, 1.82) is 0 Å². The molecule has 0 fully saturated rings. The van der Waals surface area contributed by atoms with E-state index >= 15 is 0 Å². The van der Waals surface area contributed by atoms with Crippen LogP contribution in [0.5, 0.6) is 0 Å². The minimum Gasteiger partial charge on any atom is -0.347 e. The first-order chi connectivity index (χ1) is 6.65. The van der Waals surface area contributed by atoms with Crippen LogP contribution in [0.25, 0.3) is 0 Å². The molecule has 0 aliphatic heterocycles. The number of carbonyl (C=O) groups is 1. The Labute approximate surface area is 84.5 Å². The largest absolute Gasteiger partial charge is 0.347 e. The zero-order valence-corrected chi connectivity index (χ0v) is 8.95. The molecule has 14 heavy (non-hydrogen) atoms. The third-order valence-corrected chi connectivity index (χ3v) is 2.09. The van der Waals surface area contributed by atoms with Gasteiger partial charge in [-0.15, -0.1) is 0 Å². The summed E-state index contributed by atoms with van der Waals surface area (Å²) < 4.78 is 1.96. The van der Waals surface area contributed by atoms with Crippen molar-refractivity contribution in [2.75, 3.05) is 21.1 Å². The lowest BCUT2D eigenvalue weighted by atomic mass is 10.4. The minimum absolute atomic E-state index is 0.110. The Hall–Kier alpha value is -1.29. The van der Waals surface area contributed by atoms with Gasteiger partial charge in [0.25, 0.3) is 0 Å². The molecule has 1 aromatic heterocycles. The molecule has 1 amide bonds. The maximum atomic E-state index is 11.5. The zero-order valence-electron chi connectivity index (χ0n) is 8.95. The zero-order chi connectivity index (χ0) is 10.6. The summed E-state index contributed by atoms with van der Waals surface area (Å²) in [5, 5.41) is 3.07. The van der Waals surface area contributed by atoms with Crippen molar-refractivity contribution in [2.24, 2.45) is 0 Å². The summed E-state index contributed by atoms with van der Waals surface area (Å²) in [4.78, 5) is 13.1. The second-order valence-electron chi connectivity index (χ2n) is 3.45. The predicted molar refractivity (Wildman–Crippen MR) is 55.9 cm³/mol. The summed E-state index contributed by atoms with van der Waals surface area (Å²) in [5.74, 6) is 0.110. The monoisotopic (exact) mass is 195 g/mol. The Morgan fingerprint density at radius 3 is 2.86 bits per heavy atom. The fourth-order valence-electron chi connectivity index (χ4n) is 1.23. The number of likely N-dealkylation sites (N-methyl/N-ethyl adjacent to an activating group) is 1. The van der Waals surface area contributed by atoms with Crippen molar-refractivity contribution >= 4 is 5.91 Å². The Balaban J connectivity index is 2.66. The van der Waals surface area contributed by atoms with Crippen molar-refractivity contribution in [3.63, 3.8) is 0 Å². The van der Waals surface area contributed by atoms with Crippen molar-refractivity contribution < 1.29 is 4.79 Å². The lowest BCUT2D eigenvalue weighted by Crippen LogP contribution is -2.27. The van der Waals surface area contributed by atoms with E-state index in [2.05, 4.69) is 5.32 Å². The van der Waals surface area contributed by atoms with Crippen LogP contribution in [-0.4, -0.2) is 36.5 Å². The molecule has 0 atom stereocenters. The molecular weight excluding hydrogens is 178 g/mol. The van der Waals surface area contributed by atoms with Gasteiger partial charge in [-0.3, -0.25) is 4.79 Å². The number of hydrogen-bond donors (Lipinski definition) is 1. The summed E-state index contributed by atoms with van der Waals surface area (Å²) in [6.07, 6.45) is 1.92. The highest BCUT2D eigenvalue weighted by molar-refractivity contribution is 5.75. The molecule has 78 valence electrons. The summed E-state index contributed by atoms with van der Waals surface area (Å²) >= 11 is 0. The molecule has 0 aliphatic rings. The molecule has 1 aromatic rings. The second kappa shape index (κ2) is 4.81. The number of nitrogens with zero attached hydrogens (tertiary/aromatic N) is 2. The molecule has 4 nitrogen and oxygen atoms in total. The Morgan fingerprint density at radius 1 is 1.57 bits per heavy atom. The summed E-state index contributed by atoms with van der Waals surface area (Å²) in [7, 11) is 5.43. The lowest BCUT2D eigenvalue weighted by molar-refractivity contribution is -0.129. The van der Waals surface area contributed by atoms with Gasteiger partial charge in [-0.1, -0.05) is 0 Å². The van der Waals surface area contributed by atoms with Gasteiger partial charge >= 0.3 is 0 Å². The fourth-order valence-corrected chi connectivity index (χ4v) is 1.23. The summed E-state index contributed by atoms with van der Waals surface area (Å²) in [6, 6.07) is 3.97. The highest BCUT2D eigenvalue weighted by atomic mass is 16.2. The third kappa shape index (κ3) is 2.60. The highest BCUT2D eigenvalue weighted by Crippen LogP contribution is 2.02. The predicted octanol–water partition coefficient (Wildman–Crippen LogP) is 0.296. The summed E-state index contributed by atoms with van der Waals surface area (Å²) in [6.45, 7) is 1.20. The van der Waals surface area contributed by atoms with E-state index in [1.165, 1.54) is 0 Å². The Morgan fingerprint density at radius 2 is 2.29 bits per heavy atom. The van der Waals surface area contributed by atoms with E-state index in [1.807, 2.05) is 29.9 Å². The maximum absolute atomic E-state index is 11.5. The molecule has 0 unspecified atom stereocenters. The number of amides is 1. The third-order valence-electron chi connectivity index (χ3n) is 2.09. The first-order valence-electron chi connectivity index (χ1n) is 4.64. The normalized spacial score (nSPS) is 10.2. The molecule has 0 radical (unpaired) electrons. The van der Waals surface area contributed by atoms with E-state index < -0.39 is 0 Å². The van der Waals surface area contributed by atoms with Crippen molar-refractivity contribution in [2.45, 2.75) is 13.1 Å². The maximum Gasteiger partial charge on any atom is 0.241 e. The van der Waals surface area contributed by atoms with Crippen LogP contribution in [0.4, 0.5) is 0 Å². The molecule has 0 aromatic carbocycles. The van der Waals surface area contributed by atoms with Crippen LogP contribution in [0.3, 0.4) is 0 Å². The van der Waals surface area contributed by atoms with Crippen LogP contribution in [-0.2, 0) is 17.9 Å². The van der Waals surface area contributed by atoms with Crippen LogP contribution < -0.4 is 5.32 Å². The Bertz CT molecular complexity index is 304. The van der Waals surface area contributed by atoms with Crippen molar-refractivity contribution in [3.8, 4) is 0 Å². The van der Waals surface area contributed by atoms with Gasteiger partial charge in [0.2, 0.25) is 5.91 Å². The van der Waals surface area contributed by atoms with Gasteiger partial charge in [0, 0.05) is 32.5 Å². The Kier molecular flexibility index (Phi) is 3.71. The second-order valence-corrected chi connectivity index (χ2v) is 3.45. The van der Waals surface area contributed by atoms with Crippen LogP contribution in [0.2, 0.25) is 0 Å². The molecular formula is C10H17N3O. The summed E-state index contributed by atoms with van der Waals surface area (Å²) in [5.41, 5.74) is 1.13. The smallest absolute Gasteiger partial charge is 0.241 e. The molecule has 1 rings (SSSR count). The van der Waals surface area contributed by atoms with Crippen molar-refractivity contribution in [3.05, 3.63) is 24.0 Å². The van der Waals surface area contributed by atoms with Crippen molar-refractivity contribution in [1.82, 2.24) is 14.8 Å². The van der Waals surface area contributed by atoms with Crippen LogP contribution >= 0.6 is 0 Å². The van der Waals surface area contributed by atoms with Gasteiger partial charge in [0.15, 0.2) is 0 Å². The van der Waals surface area contributed by atoms with E-state index in [1.54, 1.807) is 19.0 Å².